The first kappa shape index (κ1) is 14.9. The lowest BCUT2D eigenvalue weighted by Gasteiger charge is -2.16. The van der Waals surface area contributed by atoms with Crippen molar-refractivity contribution in [3.63, 3.8) is 0 Å². The van der Waals surface area contributed by atoms with Crippen LogP contribution < -0.4 is 15.8 Å². The Bertz CT molecular complexity index is 438. The van der Waals surface area contributed by atoms with Crippen LogP contribution in [0.25, 0.3) is 0 Å². The van der Waals surface area contributed by atoms with Gasteiger partial charge in [0.1, 0.15) is 5.75 Å². The highest BCUT2D eigenvalue weighted by molar-refractivity contribution is 5.78. The van der Waals surface area contributed by atoms with Crippen molar-refractivity contribution >= 4 is 5.91 Å². The number of ether oxygens (including phenoxy) is 1. The van der Waals surface area contributed by atoms with Crippen LogP contribution in [0.1, 0.15) is 38.2 Å². The quantitative estimate of drug-likeness (QED) is 0.801. The fraction of sp³-hybridized carbons (Fsp3) is 0.562. The highest BCUT2D eigenvalue weighted by Gasteiger charge is 2.31. The summed E-state index contributed by atoms with van der Waals surface area (Å²) in [6.45, 7) is 4.84. The van der Waals surface area contributed by atoms with Crippen LogP contribution in [-0.4, -0.2) is 25.1 Å². The zero-order valence-electron chi connectivity index (χ0n) is 12.3. The van der Waals surface area contributed by atoms with Gasteiger partial charge in [0.25, 0.3) is 5.91 Å². The van der Waals surface area contributed by atoms with E-state index >= 15 is 0 Å². The maximum Gasteiger partial charge on any atom is 0.258 e. The summed E-state index contributed by atoms with van der Waals surface area (Å²) in [7, 11) is 0. The van der Waals surface area contributed by atoms with Crippen molar-refractivity contribution in [2.75, 3.05) is 13.2 Å². The van der Waals surface area contributed by atoms with Gasteiger partial charge in [0, 0.05) is 12.6 Å². The molecule has 1 aromatic rings. The van der Waals surface area contributed by atoms with Gasteiger partial charge in [-0.2, -0.15) is 0 Å². The van der Waals surface area contributed by atoms with Crippen LogP contribution in [0.5, 0.6) is 5.75 Å². The predicted molar refractivity (Wildman–Crippen MR) is 79.7 cm³/mol. The van der Waals surface area contributed by atoms with Crippen LogP contribution >= 0.6 is 0 Å². The van der Waals surface area contributed by atoms with E-state index in [1.807, 2.05) is 24.3 Å². The second-order valence-corrected chi connectivity index (χ2v) is 5.76. The molecular formula is C16H24N2O2. The van der Waals surface area contributed by atoms with Gasteiger partial charge in [-0.3, -0.25) is 4.79 Å². The lowest BCUT2D eigenvalue weighted by Crippen LogP contribution is -2.43. The van der Waals surface area contributed by atoms with E-state index in [-0.39, 0.29) is 18.6 Å². The number of carbonyl (C=O) groups is 1. The SMILES string of the molecule is CC(C)c1ccc(OCC(=O)NC(CN)C2CC2)cc1. The Balaban J connectivity index is 1.77. The third-order valence-electron chi connectivity index (χ3n) is 3.71. The fourth-order valence-electron chi connectivity index (χ4n) is 2.21. The van der Waals surface area contributed by atoms with Gasteiger partial charge in [0.15, 0.2) is 6.61 Å². The number of nitrogens with two attached hydrogens (primary N) is 1. The largest absolute Gasteiger partial charge is 0.484 e. The molecule has 0 saturated heterocycles. The summed E-state index contributed by atoms with van der Waals surface area (Å²) in [4.78, 5) is 11.8. The number of amides is 1. The first-order chi connectivity index (χ1) is 9.60. The van der Waals surface area contributed by atoms with Crippen molar-refractivity contribution in [3.05, 3.63) is 29.8 Å². The van der Waals surface area contributed by atoms with E-state index in [1.165, 1.54) is 18.4 Å². The van der Waals surface area contributed by atoms with Gasteiger partial charge in [-0.15, -0.1) is 0 Å². The molecule has 1 aliphatic rings. The van der Waals surface area contributed by atoms with Gasteiger partial charge in [-0.05, 0) is 42.4 Å². The Morgan fingerprint density at radius 1 is 1.35 bits per heavy atom. The van der Waals surface area contributed by atoms with Crippen molar-refractivity contribution in [2.45, 2.75) is 38.6 Å². The zero-order valence-corrected chi connectivity index (χ0v) is 12.3. The summed E-state index contributed by atoms with van der Waals surface area (Å²) in [6.07, 6.45) is 2.33. The standard InChI is InChI=1S/C16H24N2O2/c1-11(2)12-5-7-14(8-6-12)20-10-16(19)18-15(9-17)13-3-4-13/h5-8,11,13,15H,3-4,9-10,17H2,1-2H3,(H,18,19). The minimum absolute atomic E-state index is 0.0459. The second kappa shape index (κ2) is 6.75. The fourth-order valence-corrected chi connectivity index (χ4v) is 2.21. The van der Waals surface area contributed by atoms with E-state index in [9.17, 15) is 4.79 Å². The molecule has 0 heterocycles. The molecule has 2 rings (SSSR count). The predicted octanol–water partition coefficient (Wildman–Crippen LogP) is 2.04. The van der Waals surface area contributed by atoms with Gasteiger partial charge >= 0.3 is 0 Å². The molecule has 1 atom stereocenters. The van der Waals surface area contributed by atoms with E-state index in [0.717, 1.165) is 5.75 Å². The Kier molecular flexibility index (Phi) is 5.01. The number of rotatable bonds is 7. The van der Waals surface area contributed by atoms with Gasteiger partial charge in [0.2, 0.25) is 0 Å². The molecular weight excluding hydrogens is 252 g/mol. The molecule has 4 heteroatoms. The van der Waals surface area contributed by atoms with E-state index < -0.39 is 0 Å². The first-order valence-corrected chi connectivity index (χ1v) is 7.32. The van der Waals surface area contributed by atoms with Gasteiger partial charge in [0.05, 0.1) is 0 Å². The van der Waals surface area contributed by atoms with Gasteiger partial charge < -0.3 is 15.8 Å². The van der Waals surface area contributed by atoms with E-state index in [1.54, 1.807) is 0 Å². The molecule has 0 radical (unpaired) electrons. The Morgan fingerprint density at radius 2 is 2.00 bits per heavy atom. The van der Waals surface area contributed by atoms with Crippen LogP contribution in [0.4, 0.5) is 0 Å². The summed E-state index contributed by atoms with van der Waals surface area (Å²) in [6, 6.07) is 7.98. The number of benzene rings is 1. The maximum absolute atomic E-state index is 11.8. The zero-order chi connectivity index (χ0) is 14.5. The number of hydrogen-bond donors (Lipinski definition) is 2. The van der Waals surface area contributed by atoms with Crippen molar-refractivity contribution < 1.29 is 9.53 Å². The summed E-state index contributed by atoms with van der Waals surface area (Å²) in [5, 5.41) is 2.94. The van der Waals surface area contributed by atoms with E-state index in [2.05, 4.69) is 19.2 Å². The molecule has 20 heavy (non-hydrogen) atoms. The minimum atomic E-state index is -0.0970. The molecule has 0 aliphatic heterocycles. The Morgan fingerprint density at radius 3 is 2.50 bits per heavy atom. The van der Waals surface area contributed by atoms with Gasteiger partial charge in [-0.1, -0.05) is 26.0 Å². The molecule has 4 nitrogen and oxygen atoms in total. The molecule has 0 bridgehead atoms. The molecule has 3 N–H and O–H groups in total. The molecule has 1 saturated carbocycles. The molecule has 1 aromatic carbocycles. The second-order valence-electron chi connectivity index (χ2n) is 5.76. The van der Waals surface area contributed by atoms with Crippen LogP contribution in [0.15, 0.2) is 24.3 Å². The molecule has 110 valence electrons. The highest BCUT2D eigenvalue weighted by Crippen LogP contribution is 2.32. The number of nitrogens with one attached hydrogen (secondary N) is 1. The average Bonchev–Trinajstić information content (AvgIpc) is 3.27. The van der Waals surface area contributed by atoms with Crippen LogP contribution in [0, 0.1) is 5.92 Å². The monoisotopic (exact) mass is 276 g/mol. The molecule has 1 fully saturated rings. The molecule has 1 unspecified atom stereocenters. The highest BCUT2D eigenvalue weighted by atomic mass is 16.5. The average molecular weight is 276 g/mol. The lowest BCUT2D eigenvalue weighted by molar-refractivity contribution is -0.123. The minimum Gasteiger partial charge on any atom is -0.484 e. The number of carbonyl (C=O) groups excluding carboxylic acids is 1. The Hall–Kier alpha value is -1.55. The van der Waals surface area contributed by atoms with Crippen molar-refractivity contribution in [1.29, 1.82) is 0 Å². The molecule has 1 amide bonds. The van der Waals surface area contributed by atoms with Crippen LogP contribution in [0.3, 0.4) is 0 Å². The normalized spacial score (nSPS) is 16.0. The first-order valence-electron chi connectivity index (χ1n) is 7.32. The van der Waals surface area contributed by atoms with Crippen LogP contribution in [0.2, 0.25) is 0 Å². The Labute approximate surface area is 120 Å². The topological polar surface area (TPSA) is 64.3 Å². The van der Waals surface area contributed by atoms with Gasteiger partial charge in [-0.25, -0.2) is 0 Å². The maximum atomic E-state index is 11.8. The molecule has 0 aromatic heterocycles. The third kappa shape index (κ3) is 4.23. The third-order valence-corrected chi connectivity index (χ3v) is 3.71. The van der Waals surface area contributed by atoms with Crippen molar-refractivity contribution in [3.8, 4) is 5.75 Å². The lowest BCUT2D eigenvalue weighted by atomic mass is 10.0. The summed E-state index contributed by atoms with van der Waals surface area (Å²) < 4.78 is 5.50. The van der Waals surface area contributed by atoms with Crippen molar-refractivity contribution in [2.24, 2.45) is 11.7 Å². The van der Waals surface area contributed by atoms with E-state index in [4.69, 9.17) is 10.5 Å². The summed E-state index contributed by atoms with van der Waals surface area (Å²) in [5.74, 6) is 1.69. The smallest absolute Gasteiger partial charge is 0.258 e. The molecule has 0 spiro atoms. The summed E-state index contributed by atoms with van der Waals surface area (Å²) >= 11 is 0. The van der Waals surface area contributed by atoms with Crippen LogP contribution in [-0.2, 0) is 4.79 Å². The summed E-state index contributed by atoms with van der Waals surface area (Å²) in [5.41, 5.74) is 6.92. The number of hydrogen-bond acceptors (Lipinski definition) is 3. The van der Waals surface area contributed by atoms with E-state index in [0.29, 0.717) is 18.4 Å². The van der Waals surface area contributed by atoms with Crippen molar-refractivity contribution in [1.82, 2.24) is 5.32 Å². The molecule has 1 aliphatic carbocycles.